The quantitative estimate of drug-likeness (QED) is 0.0195. The second-order valence-electron chi connectivity index (χ2n) is 27.3. The van der Waals surface area contributed by atoms with E-state index in [1.807, 2.05) is 21.1 Å². The molecule has 0 aliphatic carbocycles. The summed E-state index contributed by atoms with van der Waals surface area (Å²) >= 11 is 0. The van der Waals surface area contributed by atoms with Crippen LogP contribution in [0.2, 0.25) is 0 Å². The van der Waals surface area contributed by atoms with Crippen LogP contribution in [0.5, 0.6) is 0 Å². The maximum absolute atomic E-state index is 13.0. The summed E-state index contributed by atoms with van der Waals surface area (Å²) in [6, 6.07) is 0. The summed E-state index contributed by atoms with van der Waals surface area (Å²) in [4.78, 5) is 37.5. The number of carbonyl (C=O) groups is 3. The van der Waals surface area contributed by atoms with Crippen molar-refractivity contribution in [3.63, 3.8) is 0 Å². The molecule has 0 aromatic rings. The van der Waals surface area contributed by atoms with Crippen LogP contribution >= 0.6 is 0 Å². The number of carboxylic acids is 1. The SMILES string of the molecule is CC/C=C\C/C=C\C/C=C\C/C=C\CCCCCCCCCCCCCCCCCCCCCCCCCCCCCCC(=O)OC(COC(=O)CCCCCCCCCCCCC/C=C\CCCCCCCCCC)COC(OCC[N+](C)(C)C)C(=O)[O-]. The Morgan fingerprint density at radius 2 is 0.640 bits per heavy atom. The minimum absolute atomic E-state index is 0.150. The molecule has 0 radical (unpaired) electrons. The summed E-state index contributed by atoms with van der Waals surface area (Å²) in [6.07, 6.45) is 90.6. The molecule has 0 heterocycles. The van der Waals surface area contributed by atoms with E-state index in [1.54, 1.807) is 0 Å². The van der Waals surface area contributed by atoms with Crippen LogP contribution in [-0.2, 0) is 33.3 Å². The molecule has 0 rings (SSSR count). The minimum Gasteiger partial charge on any atom is -0.545 e. The van der Waals surface area contributed by atoms with Crippen LogP contribution in [0.1, 0.15) is 373 Å². The Hall–Kier alpha value is -3.01. The number of carbonyl (C=O) groups excluding carboxylic acids is 3. The van der Waals surface area contributed by atoms with Gasteiger partial charge >= 0.3 is 11.9 Å². The average Bonchev–Trinajstić information content (AvgIpc) is 3.64. The third kappa shape index (κ3) is 72.3. The van der Waals surface area contributed by atoms with Crippen molar-refractivity contribution in [2.24, 2.45) is 0 Å². The number of likely N-dealkylation sites (N-methyl/N-ethyl adjacent to an activating group) is 1. The molecular formula is C80H147NO8. The zero-order valence-corrected chi connectivity index (χ0v) is 59.6. The molecule has 0 fully saturated rings. The minimum atomic E-state index is -1.62. The third-order valence-electron chi connectivity index (χ3n) is 17.2. The lowest BCUT2D eigenvalue weighted by Crippen LogP contribution is -2.44. The molecule has 0 aromatic heterocycles. The number of quaternary nitrogens is 1. The van der Waals surface area contributed by atoms with Crippen LogP contribution in [0, 0.1) is 0 Å². The number of ether oxygens (including phenoxy) is 4. The zero-order valence-electron chi connectivity index (χ0n) is 59.6. The van der Waals surface area contributed by atoms with E-state index in [2.05, 4.69) is 74.6 Å². The van der Waals surface area contributed by atoms with E-state index in [1.165, 1.54) is 283 Å². The second kappa shape index (κ2) is 70.9. The lowest BCUT2D eigenvalue weighted by Gasteiger charge is -2.26. The maximum Gasteiger partial charge on any atom is 0.306 e. The number of unbranched alkanes of at least 4 members (excludes halogenated alkanes) is 47. The number of allylic oxidation sites excluding steroid dienone is 10. The van der Waals surface area contributed by atoms with Crippen molar-refractivity contribution in [3.05, 3.63) is 60.8 Å². The van der Waals surface area contributed by atoms with Gasteiger partial charge in [0.1, 0.15) is 13.2 Å². The number of aliphatic carboxylic acids is 1. The molecule has 9 nitrogen and oxygen atoms in total. The molecule has 0 saturated heterocycles. The fourth-order valence-corrected chi connectivity index (χ4v) is 11.4. The standard InChI is InChI=1S/C80H147NO8/c1-6-8-10-12-14-16-18-20-22-24-26-28-30-31-32-33-34-35-36-37-38-39-40-41-42-43-44-45-46-47-49-51-53-55-57-59-61-63-65-67-69-71-78(83)89-76(75-88-80(79(84)85)86-73-72-81(3,4)5)74-87-77(82)70-68-66-64-62-60-58-56-54-52-50-48-29-27-25-23-21-19-17-15-13-11-9-7-2/h8,10,14,16,20,22,25-28,76,80H,6-7,9,11-13,15,17-19,21,23-24,29-75H2,1-5H3/b10-8-,16-14-,22-20-,27-25-,28-26-. The van der Waals surface area contributed by atoms with Gasteiger partial charge < -0.3 is 33.3 Å². The van der Waals surface area contributed by atoms with Gasteiger partial charge in [0, 0.05) is 12.8 Å². The Morgan fingerprint density at radius 1 is 0.348 bits per heavy atom. The predicted octanol–water partition coefficient (Wildman–Crippen LogP) is 22.9. The first-order chi connectivity index (χ1) is 43.6. The van der Waals surface area contributed by atoms with Gasteiger partial charge in [-0.3, -0.25) is 9.59 Å². The number of carboxylic acid groups (broad SMARTS) is 1. The van der Waals surface area contributed by atoms with Crippen molar-refractivity contribution in [2.75, 3.05) is 47.5 Å². The van der Waals surface area contributed by atoms with Crippen LogP contribution in [0.25, 0.3) is 0 Å². The Kier molecular flexibility index (Phi) is 68.5. The molecular weight excluding hydrogens is 1100 g/mol. The van der Waals surface area contributed by atoms with Crippen LogP contribution in [-0.4, -0.2) is 82.3 Å². The van der Waals surface area contributed by atoms with Crippen LogP contribution < -0.4 is 5.11 Å². The van der Waals surface area contributed by atoms with E-state index in [0.717, 1.165) is 64.2 Å². The molecule has 0 bridgehead atoms. The average molecular weight is 1250 g/mol. The summed E-state index contributed by atoms with van der Waals surface area (Å²) in [6.45, 7) is 4.70. The Balaban J connectivity index is 3.94. The van der Waals surface area contributed by atoms with Gasteiger partial charge in [0.25, 0.3) is 0 Å². The molecule has 0 N–H and O–H groups in total. The highest BCUT2D eigenvalue weighted by molar-refractivity contribution is 5.70. The van der Waals surface area contributed by atoms with Crippen molar-refractivity contribution in [1.82, 2.24) is 0 Å². The predicted molar refractivity (Wildman–Crippen MR) is 380 cm³/mol. The normalized spacial score (nSPS) is 13.0. The fraction of sp³-hybridized carbons (Fsp3) is 0.838. The first-order valence-electron chi connectivity index (χ1n) is 38.4. The van der Waals surface area contributed by atoms with Crippen LogP contribution in [0.3, 0.4) is 0 Å². The fourth-order valence-electron chi connectivity index (χ4n) is 11.4. The van der Waals surface area contributed by atoms with E-state index in [4.69, 9.17) is 18.9 Å². The molecule has 89 heavy (non-hydrogen) atoms. The van der Waals surface area contributed by atoms with Crippen LogP contribution in [0.15, 0.2) is 60.8 Å². The lowest BCUT2D eigenvalue weighted by molar-refractivity contribution is -0.870. The molecule has 520 valence electrons. The van der Waals surface area contributed by atoms with Gasteiger partial charge in [-0.2, -0.15) is 0 Å². The molecule has 0 aromatic carbocycles. The number of rotatable bonds is 72. The molecule has 0 aliphatic rings. The largest absolute Gasteiger partial charge is 0.545 e. The summed E-state index contributed by atoms with van der Waals surface area (Å²) in [5.41, 5.74) is 0. The Morgan fingerprint density at radius 3 is 0.966 bits per heavy atom. The van der Waals surface area contributed by atoms with E-state index in [0.29, 0.717) is 17.4 Å². The lowest BCUT2D eigenvalue weighted by atomic mass is 10.0. The maximum atomic E-state index is 13.0. The van der Waals surface area contributed by atoms with E-state index in [-0.39, 0.29) is 32.2 Å². The monoisotopic (exact) mass is 1250 g/mol. The summed E-state index contributed by atoms with van der Waals surface area (Å²) in [5, 5.41) is 11.8. The molecule has 9 heteroatoms. The number of hydrogen-bond acceptors (Lipinski definition) is 8. The van der Waals surface area contributed by atoms with Gasteiger partial charge in [-0.15, -0.1) is 0 Å². The van der Waals surface area contributed by atoms with Gasteiger partial charge in [0.05, 0.1) is 40.3 Å². The molecule has 0 saturated carbocycles. The summed E-state index contributed by atoms with van der Waals surface area (Å²) < 4.78 is 22.8. The summed E-state index contributed by atoms with van der Waals surface area (Å²) in [7, 11) is 5.95. The van der Waals surface area contributed by atoms with Gasteiger partial charge in [0.15, 0.2) is 12.4 Å². The van der Waals surface area contributed by atoms with Crippen molar-refractivity contribution >= 4 is 17.9 Å². The van der Waals surface area contributed by atoms with Crippen molar-refractivity contribution < 1.29 is 42.9 Å². The van der Waals surface area contributed by atoms with Gasteiger partial charge in [-0.05, 0) is 77.0 Å². The summed E-state index contributed by atoms with van der Waals surface area (Å²) in [5.74, 6) is -2.26. The Labute approximate surface area is 552 Å². The number of esters is 2. The van der Waals surface area contributed by atoms with Crippen molar-refractivity contribution in [3.8, 4) is 0 Å². The highest BCUT2D eigenvalue weighted by atomic mass is 16.7. The smallest absolute Gasteiger partial charge is 0.306 e. The zero-order chi connectivity index (χ0) is 64.7. The molecule has 2 unspecified atom stereocenters. The van der Waals surface area contributed by atoms with Gasteiger partial charge in [-0.1, -0.05) is 344 Å². The van der Waals surface area contributed by atoms with E-state index < -0.39 is 24.3 Å². The third-order valence-corrected chi connectivity index (χ3v) is 17.2. The molecule has 0 spiro atoms. The number of hydrogen-bond donors (Lipinski definition) is 0. The second-order valence-corrected chi connectivity index (χ2v) is 27.3. The molecule has 2 atom stereocenters. The number of nitrogens with zero attached hydrogens (tertiary/aromatic N) is 1. The molecule has 0 amide bonds. The van der Waals surface area contributed by atoms with Crippen molar-refractivity contribution in [1.29, 1.82) is 0 Å². The first-order valence-corrected chi connectivity index (χ1v) is 38.4. The van der Waals surface area contributed by atoms with Gasteiger partial charge in [-0.25, -0.2) is 0 Å². The van der Waals surface area contributed by atoms with E-state index in [9.17, 15) is 19.5 Å². The molecule has 0 aliphatic heterocycles. The van der Waals surface area contributed by atoms with E-state index >= 15 is 0 Å². The highest BCUT2D eigenvalue weighted by Crippen LogP contribution is 2.19. The van der Waals surface area contributed by atoms with Crippen LogP contribution in [0.4, 0.5) is 0 Å². The Bertz CT molecular complexity index is 1650. The van der Waals surface area contributed by atoms with Gasteiger partial charge in [0.2, 0.25) is 0 Å². The first kappa shape index (κ1) is 86.0. The topological polar surface area (TPSA) is 111 Å². The highest BCUT2D eigenvalue weighted by Gasteiger charge is 2.22. The van der Waals surface area contributed by atoms with Crippen molar-refractivity contribution in [2.45, 2.75) is 386 Å².